The van der Waals surface area contributed by atoms with Crippen molar-refractivity contribution in [2.24, 2.45) is 0 Å². The van der Waals surface area contributed by atoms with E-state index in [4.69, 9.17) is 5.26 Å². The van der Waals surface area contributed by atoms with Gasteiger partial charge in [0.05, 0.1) is 29.9 Å². The van der Waals surface area contributed by atoms with Gasteiger partial charge in [-0.05, 0) is 49.6 Å². The van der Waals surface area contributed by atoms with E-state index in [-0.39, 0.29) is 11.7 Å². The third-order valence-electron chi connectivity index (χ3n) is 5.03. The zero-order chi connectivity index (χ0) is 21.3. The summed E-state index contributed by atoms with van der Waals surface area (Å²) in [7, 11) is 0. The van der Waals surface area contributed by atoms with Crippen LogP contribution < -0.4 is 0 Å². The summed E-state index contributed by atoms with van der Waals surface area (Å²) in [6.45, 7) is 6.48. The maximum atomic E-state index is 12.1. The van der Waals surface area contributed by atoms with Crippen molar-refractivity contribution in [3.63, 3.8) is 0 Å². The van der Waals surface area contributed by atoms with E-state index in [1.165, 1.54) is 12.1 Å². The number of hydrogen-bond acceptors (Lipinski definition) is 3. The van der Waals surface area contributed by atoms with Gasteiger partial charge in [0.1, 0.15) is 5.82 Å². The lowest BCUT2D eigenvalue weighted by Gasteiger charge is -2.15. The van der Waals surface area contributed by atoms with E-state index in [0.29, 0.717) is 24.9 Å². The van der Waals surface area contributed by atoms with Crippen LogP contribution in [-0.2, 0) is 11.3 Å². The summed E-state index contributed by atoms with van der Waals surface area (Å²) in [5, 5.41) is 14.2. The van der Waals surface area contributed by atoms with E-state index >= 15 is 0 Å². The van der Waals surface area contributed by atoms with Crippen LogP contribution in [0, 0.1) is 17.1 Å². The first kappa shape index (κ1) is 21.3. The summed E-state index contributed by atoms with van der Waals surface area (Å²) < 4.78 is 13.8. The van der Waals surface area contributed by atoms with Crippen LogP contribution in [0.4, 0.5) is 4.39 Å². The van der Waals surface area contributed by atoms with E-state index < -0.39 is 0 Å². The normalized spacial score (nSPS) is 12.9. The summed E-state index contributed by atoms with van der Waals surface area (Å²) in [5.74, 6) is 0.0511. The second-order valence-corrected chi connectivity index (χ2v) is 7.32. The summed E-state index contributed by atoms with van der Waals surface area (Å²) >= 11 is 0. The minimum absolute atomic E-state index is 0.178. The Balaban J connectivity index is 0.000000310. The number of allylic oxidation sites excluding steroid dienone is 1. The molecule has 1 saturated heterocycles. The summed E-state index contributed by atoms with van der Waals surface area (Å²) in [4.78, 5) is 14.0. The number of aromatic nitrogens is 2. The fourth-order valence-electron chi connectivity index (χ4n) is 3.40. The molecule has 0 spiro atoms. The molecule has 0 bridgehead atoms. The third-order valence-corrected chi connectivity index (χ3v) is 5.03. The Labute approximate surface area is 176 Å². The topological polar surface area (TPSA) is 61.9 Å². The molecule has 2 heterocycles. The van der Waals surface area contributed by atoms with Crippen LogP contribution in [0.5, 0.6) is 0 Å². The maximum absolute atomic E-state index is 12.1. The van der Waals surface area contributed by atoms with E-state index in [1.54, 1.807) is 30.5 Å². The first-order chi connectivity index (χ1) is 14.6. The van der Waals surface area contributed by atoms with Gasteiger partial charge >= 0.3 is 0 Å². The van der Waals surface area contributed by atoms with Crippen LogP contribution in [0.25, 0.3) is 10.9 Å². The number of likely N-dealkylation sites (tertiary alicyclic amines) is 1. The fraction of sp³-hybridized carbons (Fsp3) is 0.292. The molecule has 3 aromatic rings. The number of carbonyl (C=O) groups excluding carboxylic acids is 1. The van der Waals surface area contributed by atoms with Crippen LogP contribution in [0.3, 0.4) is 0 Å². The minimum atomic E-state index is -0.178. The third kappa shape index (κ3) is 5.77. The first-order valence-electron chi connectivity index (χ1n) is 10.1. The number of fused-ring (bicyclic) bond motifs is 1. The summed E-state index contributed by atoms with van der Waals surface area (Å²) in [6.07, 6.45) is 5.22. The van der Waals surface area contributed by atoms with Crippen molar-refractivity contribution < 1.29 is 9.18 Å². The number of nitrogens with zero attached hydrogens (tertiary/aromatic N) is 4. The number of halogens is 1. The Morgan fingerprint density at radius 1 is 1.13 bits per heavy atom. The van der Waals surface area contributed by atoms with Gasteiger partial charge in [0.15, 0.2) is 0 Å². The lowest BCUT2D eigenvalue weighted by Crippen LogP contribution is -2.27. The van der Waals surface area contributed by atoms with E-state index in [1.807, 2.05) is 21.7 Å². The molecule has 1 aromatic heterocycles. The molecule has 0 saturated carbocycles. The highest BCUT2D eigenvalue weighted by Crippen LogP contribution is 2.18. The van der Waals surface area contributed by atoms with Gasteiger partial charge in [0.2, 0.25) is 5.91 Å². The van der Waals surface area contributed by atoms with Crippen LogP contribution in [0.15, 0.2) is 66.9 Å². The SMILES string of the molecule is C=C(CCC(=O)N1CCCC1)Cn1ncc2cc(C#N)ccc21.Fc1ccccc1. The van der Waals surface area contributed by atoms with E-state index in [0.717, 1.165) is 42.4 Å². The number of benzene rings is 2. The highest BCUT2D eigenvalue weighted by Gasteiger charge is 2.17. The smallest absolute Gasteiger partial charge is 0.222 e. The van der Waals surface area contributed by atoms with Gasteiger partial charge in [-0.2, -0.15) is 10.4 Å². The highest BCUT2D eigenvalue weighted by atomic mass is 19.1. The summed E-state index contributed by atoms with van der Waals surface area (Å²) in [5.41, 5.74) is 2.61. The van der Waals surface area contributed by atoms with Crippen molar-refractivity contribution in [1.29, 1.82) is 5.26 Å². The molecule has 0 radical (unpaired) electrons. The predicted molar refractivity (Wildman–Crippen MR) is 115 cm³/mol. The van der Waals surface area contributed by atoms with Gasteiger partial charge in [0.25, 0.3) is 0 Å². The Morgan fingerprint density at radius 2 is 1.87 bits per heavy atom. The van der Waals surface area contributed by atoms with Crippen molar-refractivity contribution in [2.45, 2.75) is 32.2 Å². The zero-order valence-corrected chi connectivity index (χ0v) is 16.9. The second kappa shape index (κ2) is 10.4. The molecule has 0 aliphatic carbocycles. The molecule has 5 nitrogen and oxygen atoms in total. The molecule has 154 valence electrons. The Hall–Kier alpha value is -3.46. The van der Waals surface area contributed by atoms with Crippen molar-refractivity contribution in [3.8, 4) is 6.07 Å². The Bertz CT molecular complexity index is 1050. The number of nitriles is 1. The number of rotatable bonds is 5. The first-order valence-corrected chi connectivity index (χ1v) is 10.1. The molecule has 1 aliphatic heterocycles. The standard InChI is InChI=1S/C18H20N4O.C6H5F/c1-14(4-7-18(23)21-8-2-3-9-21)13-22-17-6-5-15(11-19)10-16(17)12-20-22;7-6-4-2-1-3-5-6/h5-6,10,12H,1-4,7-9,13H2;1-5H. The molecule has 2 aromatic carbocycles. The highest BCUT2D eigenvalue weighted by molar-refractivity contribution is 5.80. The molecule has 1 fully saturated rings. The molecular formula is C24H25FN4O. The van der Waals surface area contributed by atoms with Crippen LogP contribution in [-0.4, -0.2) is 33.7 Å². The van der Waals surface area contributed by atoms with Gasteiger partial charge in [-0.25, -0.2) is 4.39 Å². The molecule has 4 rings (SSSR count). The predicted octanol–water partition coefficient (Wildman–Crippen LogP) is 4.69. The molecule has 30 heavy (non-hydrogen) atoms. The molecular weight excluding hydrogens is 379 g/mol. The maximum Gasteiger partial charge on any atom is 0.222 e. The Morgan fingerprint density at radius 3 is 2.50 bits per heavy atom. The number of carbonyl (C=O) groups is 1. The quantitative estimate of drug-likeness (QED) is 0.580. The second-order valence-electron chi connectivity index (χ2n) is 7.32. The van der Waals surface area contributed by atoms with E-state index in [2.05, 4.69) is 17.7 Å². The molecule has 1 amide bonds. The lowest BCUT2D eigenvalue weighted by atomic mass is 10.1. The average molecular weight is 404 g/mol. The molecule has 6 heteroatoms. The largest absolute Gasteiger partial charge is 0.343 e. The molecule has 0 atom stereocenters. The number of amides is 1. The molecule has 0 unspecified atom stereocenters. The van der Waals surface area contributed by atoms with Crippen molar-refractivity contribution >= 4 is 16.8 Å². The summed E-state index contributed by atoms with van der Waals surface area (Å²) in [6, 6.07) is 15.6. The van der Waals surface area contributed by atoms with Gasteiger partial charge in [0, 0.05) is 24.9 Å². The molecule has 0 N–H and O–H groups in total. The zero-order valence-electron chi connectivity index (χ0n) is 16.9. The average Bonchev–Trinajstić information content (AvgIpc) is 3.43. The van der Waals surface area contributed by atoms with Gasteiger partial charge in [-0.15, -0.1) is 0 Å². The van der Waals surface area contributed by atoms with Crippen molar-refractivity contribution in [2.75, 3.05) is 13.1 Å². The minimum Gasteiger partial charge on any atom is -0.343 e. The van der Waals surface area contributed by atoms with Crippen LogP contribution in [0.2, 0.25) is 0 Å². The van der Waals surface area contributed by atoms with Crippen LogP contribution >= 0.6 is 0 Å². The molecule has 1 aliphatic rings. The lowest BCUT2D eigenvalue weighted by molar-refractivity contribution is -0.130. The van der Waals surface area contributed by atoms with Crippen LogP contribution in [0.1, 0.15) is 31.2 Å². The Kier molecular flexibility index (Phi) is 7.34. The monoisotopic (exact) mass is 404 g/mol. The van der Waals surface area contributed by atoms with E-state index in [9.17, 15) is 9.18 Å². The van der Waals surface area contributed by atoms with Crippen molar-refractivity contribution in [3.05, 3.63) is 78.3 Å². The number of hydrogen-bond donors (Lipinski definition) is 0. The van der Waals surface area contributed by atoms with Gasteiger partial charge < -0.3 is 4.90 Å². The van der Waals surface area contributed by atoms with Gasteiger partial charge in [-0.3, -0.25) is 9.48 Å². The van der Waals surface area contributed by atoms with Gasteiger partial charge in [-0.1, -0.05) is 30.4 Å². The van der Waals surface area contributed by atoms with Crippen molar-refractivity contribution in [1.82, 2.24) is 14.7 Å². The fourth-order valence-corrected chi connectivity index (χ4v) is 3.40.